The number of rotatable bonds is 6. The molecule has 1 fully saturated rings. The lowest BCUT2D eigenvalue weighted by Gasteiger charge is -2.25. The van der Waals surface area contributed by atoms with Gasteiger partial charge in [0.25, 0.3) is 0 Å². The van der Waals surface area contributed by atoms with Crippen LogP contribution in [0.2, 0.25) is 0 Å². The minimum atomic E-state index is -0.297. The number of likely N-dealkylation sites (tertiary alicyclic amines) is 1. The van der Waals surface area contributed by atoms with Gasteiger partial charge in [-0.25, -0.2) is 4.98 Å². The van der Waals surface area contributed by atoms with Crippen molar-refractivity contribution < 1.29 is 9.59 Å². The van der Waals surface area contributed by atoms with E-state index in [2.05, 4.69) is 15.7 Å². The first-order valence-electron chi connectivity index (χ1n) is 9.64. The standard InChI is InChI=1S/C22H23N3O2S2/c1-14(16-6-4-3-5-7-16)25-12-17(10-21(25)26)22(27)23-11-18-8-9-20(29-18)19-13-28-15(2)24-19/h3-9,13-14,17H,10-12H2,1-2H3,(H,23,27)/t14-,17+/m1/s1. The monoisotopic (exact) mass is 425 g/mol. The number of carbonyl (C=O) groups excluding carboxylic acids is 2. The van der Waals surface area contributed by atoms with Crippen molar-refractivity contribution in [2.75, 3.05) is 6.54 Å². The topological polar surface area (TPSA) is 62.3 Å². The van der Waals surface area contributed by atoms with Crippen molar-refractivity contribution in [2.24, 2.45) is 5.92 Å². The van der Waals surface area contributed by atoms with E-state index >= 15 is 0 Å². The fourth-order valence-corrected chi connectivity index (χ4v) is 5.19. The minimum Gasteiger partial charge on any atom is -0.351 e. The van der Waals surface area contributed by atoms with Gasteiger partial charge in [-0.3, -0.25) is 9.59 Å². The molecule has 1 saturated heterocycles. The van der Waals surface area contributed by atoms with Crippen LogP contribution in [0, 0.1) is 12.8 Å². The summed E-state index contributed by atoms with van der Waals surface area (Å²) in [5, 5.41) is 6.10. The molecule has 2 atom stereocenters. The van der Waals surface area contributed by atoms with E-state index in [1.54, 1.807) is 22.7 Å². The van der Waals surface area contributed by atoms with E-state index in [1.807, 2.05) is 61.2 Å². The first kappa shape index (κ1) is 19.8. The van der Waals surface area contributed by atoms with Crippen LogP contribution < -0.4 is 5.32 Å². The van der Waals surface area contributed by atoms with E-state index in [9.17, 15) is 9.59 Å². The smallest absolute Gasteiger partial charge is 0.225 e. The van der Waals surface area contributed by atoms with Crippen LogP contribution in [0.1, 0.15) is 34.8 Å². The Morgan fingerprint density at radius 2 is 2.07 bits per heavy atom. The Kier molecular flexibility index (Phi) is 5.78. The number of nitrogens with zero attached hydrogens (tertiary/aromatic N) is 2. The highest BCUT2D eigenvalue weighted by Gasteiger charge is 2.36. The predicted octanol–water partition coefficient (Wildman–Crippen LogP) is 4.41. The molecule has 150 valence electrons. The van der Waals surface area contributed by atoms with Crippen LogP contribution >= 0.6 is 22.7 Å². The van der Waals surface area contributed by atoms with E-state index in [1.165, 1.54) is 0 Å². The Balaban J connectivity index is 1.34. The van der Waals surface area contributed by atoms with E-state index in [-0.39, 0.29) is 30.2 Å². The van der Waals surface area contributed by atoms with E-state index < -0.39 is 0 Å². The Hall–Kier alpha value is -2.51. The molecule has 0 spiro atoms. The minimum absolute atomic E-state index is 0.0251. The fourth-order valence-electron chi connectivity index (χ4n) is 3.60. The maximum absolute atomic E-state index is 12.7. The van der Waals surface area contributed by atoms with Gasteiger partial charge in [0.05, 0.1) is 34.1 Å². The number of aryl methyl sites for hydroxylation is 1. The molecule has 3 aromatic rings. The van der Waals surface area contributed by atoms with Crippen molar-refractivity contribution in [3.8, 4) is 10.6 Å². The van der Waals surface area contributed by atoms with Crippen molar-refractivity contribution in [3.05, 3.63) is 63.3 Å². The van der Waals surface area contributed by atoms with Crippen LogP contribution in [0.3, 0.4) is 0 Å². The van der Waals surface area contributed by atoms with Crippen LogP contribution in [0.4, 0.5) is 0 Å². The molecule has 2 amide bonds. The molecule has 0 bridgehead atoms. The molecule has 4 rings (SSSR count). The van der Waals surface area contributed by atoms with Gasteiger partial charge in [-0.1, -0.05) is 30.3 Å². The number of thiophene rings is 1. The zero-order valence-electron chi connectivity index (χ0n) is 16.4. The van der Waals surface area contributed by atoms with Crippen LogP contribution in [0.25, 0.3) is 10.6 Å². The Morgan fingerprint density at radius 3 is 2.79 bits per heavy atom. The summed E-state index contributed by atoms with van der Waals surface area (Å²) in [7, 11) is 0. The summed E-state index contributed by atoms with van der Waals surface area (Å²) >= 11 is 3.27. The number of benzene rings is 1. The summed E-state index contributed by atoms with van der Waals surface area (Å²) < 4.78 is 0. The average Bonchev–Trinajstić information content (AvgIpc) is 3.46. The van der Waals surface area contributed by atoms with Gasteiger partial charge >= 0.3 is 0 Å². The molecule has 1 N–H and O–H groups in total. The van der Waals surface area contributed by atoms with Gasteiger partial charge in [-0.2, -0.15) is 0 Å². The highest BCUT2D eigenvalue weighted by atomic mass is 32.1. The Morgan fingerprint density at radius 1 is 1.28 bits per heavy atom. The summed E-state index contributed by atoms with van der Waals surface area (Å²) in [5.41, 5.74) is 2.08. The third-order valence-corrected chi connectivity index (χ3v) is 7.13. The molecule has 0 radical (unpaired) electrons. The number of amides is 2. The van der Waals surface area contributed by atoms with E-state index in [0.29, 0.717) is 13.1 Å². The number of nitrogens with one attached hydrogen (secondary N) is 1. The van der Waals surface area contributed by atoms with Gasteiger partial charge < -0.3 is 10.2 Å². The van der Waals surface area contributed by atoms with Crippen molar-refractivity contribution in [2.45, 2.75) is 32.9 Å². The molecule has 7 heteroatoms. The van der Waals surface area contributed by atoms with Crippen LogP contribution in [-0.2, 0) is 16.1 Å². The summed E-state index contributed by atoms with van der Waals surface area (Å²) in [6.07, 6.45) is 0.275. The molecule has 2 aromatic heterocycles. The molecular formula is C22H23N3O2S2. The maximum Gasteiger partial charge on any atom is 0.225 e. The average molecular weight is 426 g/mol. The summed E-state index contributed by atoms with van der Waals surface area (Å²) in [6, 6.07) is 14.0. The molecule has 1 aromatic carbocycles. The Labute approximate surface area is 178 Å². The summed E-state index contributed by atoms with van der Waals surface area (Å²) in [4.78, 5) is 33.6. The van der Waals surface area contributed by atoms with Gasteiger partial charge in [0.15, 0.2) is 0 Å². The quantitative estimate of drug-likeness (QED) is 0.636. The second-order valence-electron chi connectivity index (χ2n) is 7.27. The second-order valence-corrected chi connectivity index (χ2v) is 9.50. The fraction of sp³-hybridized carbons (Fsp3) is 0.318. The number of hydrogen-bond acceptors (Lipinski definition) is 5. The molecule has 0 unspecified atom stereocenters. The van der Waals surface area contributed by atoms with Crippen LogP contribution in [-0.4, -0.2) is 28.2 Å². The van der Waals surface area contributed by atoms with Gasteiger partial charge in [0.1, 0.15) is 0 Å². The van der Waals surface area contributed by atoms with Gasteiger partial charge in [0, 0.05) is 23.2 Å². The second kappa shape index (κ2) is 8.47. The molecule has 29 heavy (non-hydrogen) atoms. The van der Waals surface area contributed by atoms with Crippen LogP contribution in [0.5, 0.6) is 0 Å². The first-order valence-corrected chi connectivity index (χ1v) is 11.3. The highest BCUT2D eigenvalue weighted by Crippen LogP contribution is 2.30. The predicted molar refractivity (Wildman–Crippen MR) is 117 cm³/mol. The van der Waals surface area contributed by atoms with Crippen molar-refractivity contribution >= 4 is 34.5 Å². The Bertz CT molecular complexity index is 1010. The van der Waals surface area contributed by atoms with Gasteiger partial charge in [-0.15, -0.1) is 22.7 Å². The van der Waals surface area contributed by atoms with E-state index in [4.69, 9.17) is 0 Å². The molecule has 1 aliphatic heterocycles. The summed E-state index contributed by atoms with van der Waals surface area (Å²) in [6.45, 7) is 4.95. The molecule has 3 heterocycles. The molecule has 0 saturated carbocycles. The number of hydrogen-bond donors (Lipinski definition) is 1. The first-order chi connectivity index (χ1) is 14.0. The lowest BCUT2D eigenvalue weighted by molar-refractivity contribution is -0.130. The van der Waals surface area contributed by atoms with Crippen molar-refractivity contribution in [3.63, 3.8) is 0 Å². The SMILES string of the molecule is Cc1nc(-c2ccc(CNC(=O)[C@H]3CC(=O)N([C@H](C)c4ccccc4)C3)s2)cs1. The van der Waals surface area contributed by atoms with Gasteiger partial charge in [-0.05, 0) is 31.5 Å². The van der Waals surface area contributed by atoms with E-state index in [0.717, 1.165) is 26.0 Å². The number of carbonyl (C=O) groups is 2. The largest absolute Gasteiger partial charge is 0.351 e. The lowest BCUT2D eigenvalue weighted by Crippen LogP contribution is -2.33. The summed E-state index contributed by atoms with van der Waals surface area (Å²) in [5.74, 6) is -0.311. The molecule has 0 aliphatic carbocycles. The molecular weight excluding hydrogens is 402 g/mol. The van der Waals surface area contributed by atoms with Crippen molar-refractivity contribution in [1.82, 2.24) is 15.2 Å². The van der Waals surface area contributed by atoms with Crippen LogP contribution in [0.15, 0.2) is 47.8 Å². The molecule has 1 aliphatic rings. The third-order valence-electron chi connectivity index (χ3n) is 5.25. The molecule has 5 nitrogen and oxygen atoms in total. The number of aromatic nitrogens is 1. The highest BCUT2D eigenvalue weighted by molar-refractivity contribution is 7.16. The van der Waals surface area contributed by atoms with Gasteiger partial charge in [0.2, 0.25) is 11.8 Å². The lowest BCUT2D eigenvalue weighted by atomic mass is 10.1. The normalized spacial score (nSPS) is 17.5. The zero-order chi connectivity index (χ0) is 20.4. The zero-order valence-corrected chi connectivity index (χ0v) is 18.1. The maximum atomic E-state index is 12.7. The third kappa shape index (κ3) is 4.41. The van der Waals surface area contributed by atoms with Crippen molar-refractivity contribution in [1.29, 1.82) is 0 Å². The number of thiazole rings is 1.